The second-order valence-electron chi connectivity index (χ2n) is 9.74. The zero-order valence-corrected chi connectivity index (χ0v) is 20.3. The average Bonchev–Trinajstić information content (AvgIpc) is 3.32. The third-order valence-corrected chi connectivity index (χ3v) is 7.08. The van der Waals surface area contributed by atoms with Gasteiger partial charge in [-0.15, -0.1) is 0 Å². The van der Waals surface area contributed by atoms with E-state index in [1.165, 1.54) is 5.56 Å². The number of fused-ring (bicyclic) bond motifs is 1. The Labute approximate surface area is 206 Å². The monoisotopic (exact) mass is 472 g/mol. The number of aromatic nitrogens is 2. The van der Waals surface area contributed by atoms with E-state index in [9.17, 15) is 9.59 Å². The fourth-order valence-electron chi connectivity index (χ4n) is 4.89. The van der Waals surface area contributed by atoms with E-state index in [4.69, 9.17) is 4.74 Å². The van der Waals surface area contributed by atoms with Crippen molar-refractivity contribution >= 4 is 17.5 Å². The van der Waals surface area contributed by atoms with Crippen molar-refractivity contribution in [1.82, 2.24) is 14.5 Å². The number of hydrogen-bond donors (Lipinski definition) is 1. The van der Waals surface area contributed by atoms with Crippen molar-refractivity contribution in [3.8, 4) is 0 Å². The zero-order valence-electron chi connectivity index (χ0n) is 20.3. The highest BCUT2D eigenvalue weighted by Crippen LogP contribution is 2.29. The summed E-state index contributed by atoms with van der Waals surface area (Å²) in [6.45, 7) is 6.36. The van der Waals surface area contributed by atoms with E-state index in [0.717, 1.165) is 16.9 Å². The van der Waals surface area contributed by atoms with Crippen LogP contribution in [0.3, 0.4) is 0 Å². The van der Waals surface area contributed by atoms with Gasteiger partial charge in [0.15, 0.2) is 5.69 Å². The molecular weight excluding hydrogens is 440 g/mol. The highest BCUT2D eigenvalue weighted by atomic mass is 16.5. The number of benzene rings is 2. The van der Waals surface area contributed by atoms with Crippen LogP contribution in [0.25, 0.3) is 0 Å². The number of amides is 2. The molecule has 2 aliphatic rings. The highest BCUT2D eigenvalue weighted by Gasteiger charge is 2.32. The predicted molar refractivity (Wildman–Crippen MR) is 134 cm³/mol. The van der Waals surface area contributed by atoms with Crippen LogP contribution in [0.2, 0.25) is 0 Å². The normalized spacial score (nSPS) is 18.4. The molecule has 0 aliphatic carbocycles. The summed E-state index contributed by atoms with van der Waals surface area (Å²) in [5.41, 5.74) is 4.44. The maximum absolute atomic E-state index is 13.2. The first-order valence-corrected chi connectivity index (χ1v) is 12.4. The third kappa shape index (κ3) is 5.00. The lowest BCUT2D eigenvalue weighted by molar-refractivity contribution is -0.121. The van der Waals surface area contributed by atoms with Crippen LogP contribution in [0.4, 0.5) is 5.69 Å². The summed E-state index contributed by atoms with van der Waals surface area (Å²) in [5, 5.41) is 3.06. The van der Waals surface area contributed by atoms with Crippen LogP contribution in [0.15, 0.2) is 60.9 Å². The molecule has 0 saturated carbocycles. The molecule has 0 spiro atoms. The Bertz CT molecular complexity index is 1200. The molecule has 0 bridgehead atoms. The van der Waals surface area contributed by atoms with Gasteiger partial charge >= 0.3 is 0 Å². The van der Waals surface area contributed by atoms with Gasteiger partial charge in [0.05, 0.1) is 25.2 Å². The molecule has 3 aromatic rings. The van der Waals surface area contributed by atoms with Gasteiger partial charge in [-0.3, -0.25) is 9.59 Å². The van der Waals surface area contributed by atoms with Crippen LogP contribution < -0.4 is 5.32 Å². The van der Waals surface area contributed by atoms with Crippen LogP contribution in [0, 0.1) is 5.92 Å². The molecule has 35 heavy (non-hydrogen) atoms. The summed E-state index contributed by atoms with van der Waals surface area (Å²) in [4.78, 5) is 32.4. The molecule has 0 unspecified atom stereocenters. The number of rotatable bonds is 5. The lowest BCUT2D eigenvalue weighted by Crippen LogP contribution is -2.42. The molecule has 2 aromatic carbocycles. The number of likely N-dealkylation sites (tertiary alicyclic amines) is 1. The number of hydrogen-bond acceptors (Lipinski definition) is 4. The molecule has 1 atom stereocenters. The van der Waals surface area contributed by atoms with Crippen LogP contribution in [0.1, 0.15) is 66.0 Å². The topological polar surface area (TPSA) is 76.5 Å². The summed E-state index contributed by atoms with van der Waals surface area (Å²) in [6.07, 6.45) is 2.98. The van der Waals surface area contributed by atoms with E-state index in [1.54, 1.807) is 6.33 Å². The Morgan fingerprint density at radius 2 is 1.83 bits per heavy atom. The van der Waals surface area contributed by atoms with Crippen molar-refractivity contribution in [2.24, 2.45) is 5.92 Å². The molecule has 7 nitrogen and oxygen atoms in total. The number of nitrogens with zero attached hydrogens (tertiary/aromatic N) is 3. The standard InChI is InChI=1S/C28H32N4O3/c1-19(2)22-9-6-10-23(15-22)30-27(33)21-11-13-31(14-12-21)28(34)26-24-17-35-25(16-32(24)18-29-26)20-7-4-3-5-8-20/h3-10,15,18-19,21,25H,11-14,16-17H2,1-2H3,(H,30,33)/t25-/m0/s1. The lowest BCUT2D eigenvalue weighted by Gasteiger charge is -2.31. The maximum atomic E-state index is 13.2. The quantitative estimate of drug-likeness (QED) is 0.580. The van der Waals surface area contributed by atoms with Crippen molar-refractivity contribution in [2.45, 2.75) is 51.9 Å². The van der Waals surface area contributed by atoms with Crippen LogP contribution in [-0.4, -0.2) is 39.4 Å². The van der Waals surface area contributed by atoms with Gasteiger partial charge in [0.25, 0.3) is 5.91 Å². The van der Waals surface area contributed by atoms with Gasteiger partial charge in [-0.05, 0) is 42.0 Å². The van der Waals surface area contributed by atoms with Crippen molar-refractivity contribution in [2.75, 3.05) is 18.4 Å². The Hall–Kier alpha value is -3.45. The molecule has 2 aliphatic heterocycles. The van der Waals surface area contributed by atoms with Gasteiger partial charge in [-0.25, -0.2) is 4.98 Å². The molecule has 3 heterocycles. The van der Waals surface area contributed by atoms with E-state index in [2.05, 4.69) is 42.3 Å². The van der Waals surface area contributed by atoms with E-state index < -0.39 is 0 Å². The fraction of sp³-hybridized carbons (Fsp3) is 0.393. The van der Waals surface area contributed by atoms with Crippen molar-refractivity contribution < 1.29 is 14.3 Å². The maximum Gasteiger partial charge on any atom is 0.274 e. The number of ether oxygens (including phenoxy) is 1. The van der Waals surface area contributed by atoms with E-state index >= 15 is 0 Å². The molecule has 0 radical (unpaired) electrons. The second kappa shape index (κ2) is 10.0. The summed E-state index contributed by atoms with van der Waals surface area (Å²) < 4.78 is 8.10. The Morgan fingerprint density at radius 3 is 2.57 bits per heavy atom. The number of piperidine rings is 1. The minimum absolute atomic E-state index is 0.0257. The fourth-order valence-corrected chi connectivity index (χ4v) is 4.89. The molecule has 5 rings (SSSR count). The van der Waals surface area contributed by atoms with E-state index in [-0.39, 0.29) is 23.8 Å². The number of anilines is 1. The summed E-state index contributed by atoms with van der Waals surface area (Å²) in [6, 6.07) is 18.1. The van der Waals surface area contributed by atoms with Crippen molar-refractivity contribution in [3.63, 3.8) is 0 Å². The number of imidazole rings is 1. The van der Waals surface area contributed by atoms with E-state index in [0.29, 0.717) is 50.7 Å². The van der Waals surface area contributed by atoms with Crippen LogP contribution in [0.5, 0.6) is 0 Å². The molecule has 7 heteroatoms. The first kappa shape index (κ1) is 23.3. The third-order valence-electron chi connectivity index (χ3n) is 7.08. The summed E-state index contributed by atoms with van der Waals surface area (Å²) in [7, 11) is 0. The average molecular weight is 473 g/mol. The first-order chi connectivity index (χ1) is 17.0. The minimum atomic E-state index is -0.104. The molecular formula is C28H32N4O3. The SMILES string of the molecule is CC(C)c1cccc(NC(=O)C2CCN(C(=O)c3ncn4c3CO[C@H](c3ccccc3)C4)CC2)c1. The first-order valence-electron chi connectivity index (χ1n) is 12.4. The Balaban J connectivity index is 1.18. The van der Waals surface area contributed by atoms with E-state index in [1.807, 2.05) is 45.9 Å². The van der Waals surface area contributed by atoms with Gasteiger partial charge in [-0.2, -0.15) is 0 Å². The lowest BCUT2D eigenvalue weighted by atomic mass is 9.95. The molecule has 182 valence electrons. The Morgan fingerprint density at radius 1 is 1.06 bits per heavy atom. The number of carbonyl (C=O) groups excluding carboxylic acids is 2. The van der Waals surface area contributed by atoms with Crippen LogP contribution >= 0.6 is 0 Å². The predicted octanol–water partition coefficient (Wildman–Crippen LogP) is 4.77. The molecule has 1 aromatic heterocycles. The van der Waals surface area contributed by atoms with Gasteiger partial charge in [0, 0.05) is 24.7 Å². The molecule has 1 fully saturated rings. The minimum Gasteiger partial charge on any atom is -0.365 e. The van der Waals surface area contributed by atoms with Gasteiger partial charge in [0.2, 0.25) is 5.91 Å². The molecule has 2 amide bonds. The molecule has 1 saturated heterocycles. The second-order valence-corrected chi connectivity index (χ2v) is 9.74. The number of carbonyl (C=O) groups is 2. The van der Waals surface area contributed by atoms with Gasteiger partial charge in [0.1, 0.15) is 6.10 Å². The van der Waals surface area contributed by atoms with Gasteiger partial charge in [-0.1, -0.05) is 56.3 Å². The van der Waals surface area contributed by atoms with Crippen molar-refractivity contribution in [3.05, 3.63) is 83.4 Å². The summed E-state index contributed by atoms with van der Waals surface area (Å²) >= 11 is 0. The zero-order chi connectivity index (χ0) is 24.4. The highest BCUT2D eigenvalue weighted by molar-refractivity contribution is 5.95. The largest absolute Gasteiger partial charge is 0.365 e. The van der Waals surface area contributed by atoms with Crippen molar-refractivity contribution in [1.29, 1.82) is 0 Å². The number of nitrogens with one attached hydrogen (secondary N) is 1. The molecule has 1 N–H and O–H groups in total. The Kier molecular flexibility index (Phi) is 6.68. The van der Waals surface area contributed by atoms with Gasteiger partial charge < -0.3 is 19.5 Å². The van der Waals surface area contributed by atoms with Crippen LogP contribution in [-0.2, 0) is 22.7 Å². The smallest absolute Gasteiger partial charge is 0.274 e. The summed E-state index contributed by atoms with van der Waals surface area (Å²) in [5.74, 6) is 0.249.